The number of benzene rings is 2. The van der Waals surface area contributed by atoms with Crippen LogP contribution < -0.4 is 30.3 Å². The number of hydrogen-bond acceptors (Lipinski definition) is 11. The van der Waals surface area contributed by atoms with Crippen LogP contribution in [0.5, 0.6) is 5.75 Å². The molecule has 0 unspecified atom stereocenters. The molecule has 0 atom stereocenters. The van der Waals surface area contributed by atoms with Gasteiger partial charge in [-0.15, -0.1) is 0 Å². The van der Waals surface area contributed by atoms with Gasteiger partial charge in [0.1, 0.15) is 17.1 Å². The minimum absolute atomic E-state index is 0.273. The maximum absolute atomic E-state index is 12.2. The van der Waals surface area contributed by atoms with Crippen molar-refractivity contribution in [1.29, 1.82) is 0 Å². The van der Waals surface area contributed by atoms with Crippen molar-refractivity contribution in [2.24, 2.45) is 5.41 Å². The predicted octanol–water partition coefficient (Wildman–Crippen LogP) is 4.80. The van der Waals surface area contributed by atoms with E-state index in [1.807, 2.05) is 0 Å². The van der Waals surface area contributed by atoms with E-state index in [-0.39, 0.29) is 5.69 Å². The summed E-state index contributed by atoms with van der Waals surface area (Å²) in [5.41, 5.74) is 5.34. The molecule has 12 nitrogen and oxygen atoms in total. The Morgan fingerprint density at radius 3 is 2.51 bits per heavy atom. The lowest BCUT2D eigenvalue weighted by molar-refractivity contribution is 0.126. The van der Waals surface area contributed by atoms with E-state index in [9.17, 15) is 8.42 Å². The Hall–Kier alpha value is -3.75. The quantitative estimate of drug-likeness (QED) is 0.195. The predicted molar refractivity (Wildman–Crippen MR) is 173 cm³/mol. The summed E-state index contributed by atoms with van der Waals surface area (Å²) in [5.74, 6) is 1.47. The molecule has 0 amide bonds. The van der Waals surface area contributed by atoms with E-state index in [1.54, 1.807) is 31.6 Å². The van der Waals surface area contributed by atoms with E-state index in [2.05, 4.69) is 75.5 Å². The maximum Gasteiger partial charge on any atom is 0.229 e. The SMILES string of the molecule is CCc1cc(Nc2ncc(Br)c(Nc3ccc4nccnc4c3NS(C)(=O)=O)n2)c(OC)cc1N1CCC2(CC1)CNC2. The number of aromatic nitrogens is 4. The zero-order valence-corrected chi connectivity index (χ0v) is 26.6. The van der Waals surface area contributed by atoms with Gasteiger partial charge in [0.2, 0.25) is 16.0 Å². The van der Waals surface area contributed by atoms with E-state index in [4.69, 9.17) is 9.72 Å². The van der Waals surface area contributed by atoms with Crippen LogP contribution in [0.4, 0.5) is 34.5 Å². The molecule has 2 aliphatic heterocycles. The molecule has 14 heteroatoms. The van der Waals surface area contributed by atoms with Gasteiger partial charge in [0.25, 0.3) is 0 Å². The fourth-order valence-electron chi connectivity index (χ4n) is 5.70. The lowest BCUT2D eigenvalue weighted by Crippen LogP contribution is -2.58. The fourth-order valence-corrected chi connectivity index (χ4v) is 6.57. The van der Waals surface area contributed by atoms with Crippen molar-refractivity contribution in [2.75, 3.05) is 59.8 Å². The Balaban J connectivity index is 1.28. The fraction of sp³-hybridized carbons (Fsp3) is 0.379. The number of hydrogen-bond donors (Lipinski definition) is 4. The van der Waals surface area contributed by atoms with Gasteiger partial charge in [-0.25, -0.2) is 13.4 Å². The lowest BCUT2D eigenvalue weighted by Gasteiger charge is -2.49. The van der Waals surface area contributed by atoms with E-state index in [1.165, 1.54) is 30.3 Å². The Labute approximate surface area is 259 Å². The second-order valence-corrected chi connectivity index (χ2v) is 13.7. The summed E-state index contributed by atoms with van der Waals surface area (Å²) >= 11 is 3.51. The number of piperidine rings is 1. The molecule has 0 bridgehead atoms. The average Bonchev–Trinajstić information content (AvgIpc) is 2.98. The number of methoxy groups -OCH3 is 1. The highest BCUT2D eigenvalue weighted by Crippen LogP contribution is 2.41. The third-order valence-corrected chi connectivity index (χ3v) is 9.27. The molecule has 6 rings (SSSR count). The number of anilines is 6. The number of nitrogens with zero attached hydrogens (tertiary/aromatic N) is 5. The maximum atomic E-state index is 12.2. The number of sulfonamides is 1. The normalized spacial score (nSPS) is 16.1. The van der Waals surface area contributed by atoms with E-state index >= 15 is 0 Å². The summed E-state index contributed by atoms with van der Waals surface area (Å²) < 4.78 is 33.4. The highest BCUT2D eigenvalue weighted by Gasteiger charge is 2.40. The Bertz CT molecular complexity index is 1770. The molecule has 2 fully saturated rings. The highest BCUT2D eigenvalue weighted by atomic mass is 79.9. The molecule has 0 aliphatic carbocycles. The Morgan fingerprint density at radius 1 is 1.07 bits per heavy atom. The highest BCUT2D eigenvalue weighted by molar-refractivity contribution is 9.10. The van der Waals surface area contributed by atoms with Crippen molar-refractivity contribution in [2.45, 2.75) is 26.2 Å². The molecule has 4 aromatic rings. The summed E-state index contributed by atoms with van der Waals surface area (Å²) in [7, 11) is -1.95. The second kappa shape index (κ2) is 11.7. The van der Waals surface area contributed by atoms with Crippen LogP contribution in [0.2, 0.25) is 0 Å². The van der Waals surface area contributed by atoms with Crippen molar-refractivity contribution in [3.63, 3.8) is 0 Å². The van der Waals surface area contributed by atoms with Crippen LogP contribution in [0, 0.1) is 5.41 Å². The van der Waals surface area contributed by atoms with Crippen LogP contribution >= 0.6 is 15.9 Å². The number of aryl methyl sites for hydroxylation is 1. The van der Waals surface area contributed by atoms with Gasteiger partial charge in [-0.2, -0.15) is 4.98 Å². The van der Waals surface area contributed by atoms with Gasteiger partial charge in [-0.3, -0.25) is 14.7 Å². The smallest absolute Gasteiger partial charge is 0.229 e. The third-order valence-electron chi connectivity index (χ3n) is 8.12. The van der Waals surface area contributed by atoms with Crippen LogP contribution in [-0.4, -0.2) is 67.9 Å². The minimum atomic E-state index is -3.61. The summed E-state index contributed by atoms with van der Waals surface area (Å²) in [6.45, 7) is 6.48. The number of halogens is 1. The van der Waals surface area contributed by atoms with E-state index < -0.39 is 10.0 Å². The molecule has 2 aromatic heterocycles. The van der Waals surface area contributed by atoms with Crippen molar-refractivity contribution in [3.8, 4) is 5.75 Å². The van der Waals surface area contributed by atoms with Crippen LogP contribution in [0.15, 0.2) is 47.3 Å². The van der Waals surface area contributed by atoms with Crippen LogP contribution in [0.1, 0.15) is 25.3 Å². The number of ether oxygens (including phenoxy) is 1. The third kappa shape index (κ3) is 6.17. The first-order chi connectivity index (χ1) is 20.7. The van der Waals surface area contributed by atoms with Crippen molar-refractivity contribution < 1.29 is 13.2 Å². The minimum Gasteiger partial charge on any atom is -0.494 e. The van der Waals surface area contributed by atoms with Gasteiger partial charge in [0.05, 0.1) is 40.4 Å². The molecule has 2 aromatic carbocycles. The molecule has 43 heavy (non-hydrogen) atoms. The van der Waals surface area contributed by atoms with Gasteiger partial charge in [-0.05, 0) is 64.4 Å². The van der Waals surface area contributed by atoms with Crippen molar-refractivity contribution >= 4 is 71.5 Å². The van der Waals surface area contributed by atoms with Crippen LogP contribution in [-0.2, 0) is 16.4 Å². The van der Waals surface area contributed by atoms with Gasteiger partial charge in [0.15, 0.2) is 0 Å². The van der Waals surface area contributed by atoms with E-state index in [0.29, 0.717) is 44.1 Å². The summed E-state index contributed by atoms with van der Waals surface area (Å²) in [4.78, 5) is 20.3. The molecule has 1 spiro atoms. The number of rotatable bonds is 9. The molecule has 226 valence electrons. The molecule has 4 N–H and O–H groups in total. The average molecular weight is 669 g/mol. The van der Waals surface area contributed by atoms with Crippen molar-refractivity contribution in [1.82, 2.24) is 25.3 Å². The van der Waals surface area contributed by atoms with Gasteiger partial charge < -0.3 is 25.6 Å². The molecule has 2 saturated heterocycles. The second-order valence-electron chi connectivity index (χ2n) is 11.1. The Morgan fingerprint density at radius 2 is 1.84 bits per heavy atom. The monoisotopic (exact) mass is 667 g/mol. The summed E-state index contributed by atoms with van der Waals surface area (Å²) in [5, 5.41) is 9.99. The van der Waals surface area contributed by atoms with E-state index in [0.717, 1.165) is 44.5 Å². The van der Waals surface area contributed by atoms with Crippen LogP contribution in [0.25, 0.3) is 11.0 Å². The standard InChI is InChI=1S/C29H34BrN9O3S/c1-4-18-13-22(24(42-2)14-23(18)39-11-7-29(8-12-39)16-31-17-29)36-28-34-15-19(30)27(37-28)35-21-6-5-20-25(33-10-9-32-20)26(21)38-43(3,40)41/h5-6,9-10,13-15,31,38H,4,7-8,11-12,16-17H2,1-3H3,(H2,34,35,36,37). The van der Waals surface area contributed by atoms with Crippen LogP contribution in [0.3, 0.4) is 0 Å². The molecular formula is C29H34BrN9O3S. The number of nitrogens with one attached hydrogen (secondary N) is 4. The first kappa shape index (κ1) is 29.3. The van der Waals surface area contributed by atoms with Gasteiger partial charge in [-0.1, -0.05) is 6.92 Å². The zero-order valence-electron chi connectivity index (χ0n) is 24.2. The van der Waals surface area contributed by atoms with Crippen molar-refractivity contribution in [3.05, 3.63) is 52.9 Å². The topological polar surface area (TPSA) is 146 Å². The molecular weight excluding hydrogens is 634 g/mol. The summed E-state index contributed by atoms with van der Waals surface area (Å²) in [6.07, 6.45) is 9.04. The first-order valence-corrected chi connectivity index (χ1v) is 16.8. The largest absolute Gasteiger partial charge is 0.494 e. The molecule has 4 heterocycles. The first-order valence-electron chi connectivity index (χ1n) is 14.1. The zero-order chi connectivity index (χ0) is 30.2. The molecule has 0 saturated carbocycles. The Kier molecular flexibility index (Phi) is 8.00. The number of fused-ring (bicyclic) bond motifs is 1. The van der Waals surface area contributed by atoms with Gasteiger partial charge in [0, 0.05) is 56.5 Å². The lowest BCUT2D eigenvalue weighted by atomic mass is 9.73. The molecule has 0 radical (unpaired) electrons. The molecule has 2 aliphatic rings. The van der Waals surface area contributed by atoms with Gasteiger partial charge >= 0.3 is 0 Å². The summed E-state index contributed by atoms with van der Waals surface area (Å²) in [6, 6.07) is 7.70.